The van der Waals surface area contributed by atoms with E-state index in [-0.39, 0.29) is 0 Å². The smallest absolute Gasteiger partial charge is 0.0888 e. The summed E-state index contributed by atoms with van der Waals surface area (Å²) in [6, 6.07) is 5.54. The van der Waals surface area contributed by atoms with Crippen molar-refractivity contribution < 1.29 is 0 Å². The van der Waals surface area contributed by atoms with Crippen molar-refractivity contribution in [1.82, 2.24) is 15.0 Å². The molecule has 0 unspecified atom stereocenters. The van der Waals surface area contributed by atoms with Crippen molar-refractivity contribution in [2.24, 2.45) is 0 Å². The SMILES string of the molecule is Nc1cc(Br)cc(-n2nccn2)c1. The molecule has 5 heteroatoms. The van der Waals surface area contributed by atoms with E-state index in [0.29, 0.717) is 5.69 Å². The first-order valence-electron chi connectivity index (χ1n) is 3.68. The van der Waals surface area contributed by atoms with E-state index in [1.54, 1.807) is 12.4 Å². The van der Waals surface area contributed by atoms with Crippen LogP contribution in [0.4, 0.5) is 5.69 Å². The highest BCUT2D eigenvalue weighted by atomic mass is 79.9. The zero-order valence-corrected chi connectivity index (χ0v) is 8.27. The minimum absolute atomic E-state index is 0.682. The minimum atomic E-state index is 0.682. The van der Waals surface area contributed by atoms with Gasteiger partial charge in [-0.05, 0) is 18.2 Å². The molecule has 1 aromatic heterocycles. The quantitative estimate of drug-likeness (QED) is 0.769. The molecule has 0 aliphatic rings. The second-order valence-corrected chi connectivity index (χ2v) is 3.48. The van der Waals surface area contributed by atoms with E-state index in [9.17, 15) is 0 Å². The van der Waals surface area contributed by atoms with Gasteiger partial charge in [-0.3, -0.25) is 0 Å². The number of benzene rings is 1. The Morgan fingerprint density at radius 3 is 2.46 bits per heavy atom. The fourth-order valence-corrected chi connectivity index (χ4v) is 1.56. The first-order valence-corrected chi connectivity index (χ1v) is 4.48. The summed E-state index contributed by atoms with van der Waals surface area (Å²) in [5, 5.41) is 8.00. The number of nitrogens with zero attached hydrogens (tertiary/aromatic N) is 3. The Labute approximate surface area is 83.5 Å². The van der Waals surface area contributed by atoms with E-state index in [4.69, 9.17) is 5.73 Å². The molecule has 2 N–H and O–H groups in total. The van der Waals surface area contributed by atoms with E-state index in [1.807, 2.05) is 18.2 Å². The lowest BCUT2D eigenvalue weighted by atomic mass is 10.3. The van der Waals surface area contributed by atoms with Gasteiger partial charge in [0.2, 0.25) is 0 Å². The standard InChI is InChI=1S/C8H7BrN4/c9-6-3-7(10)5-8(4-6)13-11-1-2-12-13/h1-5H,10H2. The van der Waals surface area contributed by atoms with Crippen LogP contribution in [-0.4, -0.2) is 15.0 Å². The second-order valence-electron chi connectivity index (χ2n) is 2.56. The highest BCUT2D eigenvalue weighted by Crippen LogP contribution is 2.18. The largest absolute Gasteiger partial charge is 0.399 e. The molecular formula is C8H7BrN4. The summed E-state index contributed by atoms with van der Waals surface area (Å²) in [7, 11) is 0. The maximum Gasteiger partial charge on any atom is 0.0888 e. The molecule has 13 heavy (non-hydrogen) atoms. The third-order valence-corrected chi connectivity index (χ3v) is 2.01. The lowest BCUT2D eigenvalue weighted by Crippen LogP contribution is -1.99. The van der Waals surface area contributed by atoms with Crippen molar-refractivity contribution in [3.63, 3.8) is 0 Å². The summed E-state index contributed by atoms with van der Waals surface area (Å²) in [5.74, 6) is 0. The molecule has 2 aromatic rings. The predicted octanol–water partition coefficient (Wildman–Crippen LogP) is 1.61. The normalized spacial score (nSPS) is 10.2. The number of nitrogens with two attached hydrogens (primary N) is 1. The molecule has 0 aliphatic heterocycles. The van der Waals surface area contributed by atoms with Gasteiger partial charge in [0.05, 0.1) is 18.1 Å². The zero-order valence-electron chi connectivity index (χ0n) is 6.68. The Balaban J connectivity index is 2.53. The van der Waals surface area contributed by atoms with E-state index >= 15 is 0 Å². The van der Waals surface area contributed by atoms with Crippen LogP contribution in [-0.2, 0) is 0 Å². The van der Waals surface area contributed by atoms with Crippen molar-refractivity contribution in [3.8, 4) is 5.69 Å². The molecule has 0 aliphatic carbocycles. The van der Waals surface area contributed by atoms with Crippen LogP contribution in [0.25, 0.3) is 5.69 Å². The van der Waals surface area contributed by atoms with Crippen LogP contribution in [0, 0.1) is 0 Å². The van der Waals surface area contributed by atoms with Crippen molar-refractivity contribution in [1.29, 1.82) is 0 Å². The molecule has 0 bridgehead atoms. The molecule has 0 amide bonds. The Hall–Kier alpha value is -1.36. The van der Waals surface area contributed by atoms with Crippen molar-refractivity contribution in [2.45, 2.75) is 0 Å². The van der Waals surface area contributed by atoms with Crippen LogP contribution >= 0.6 is 15.9 Å². The third-order valence-electron chi connectivity index (χ3n) is 1.55. The Morgan fingerprint density at radius 1 is 1.15 bits per heavy atom. The summed E-state index contributed by atoms with van der Waals surface area (Å²) in [5.41, 5.74) is 7.19. The molecular weight excluding hydrogens is 232 g/mol. The van der Waals surface area contributed by atoms with Crippen LogP contribution in [0.1, 0.15) is 0 Å². The van der Waals surface area contributed by atoms with E-state index in [2.05, 4.69) is 26.1 Å². The number of hydrogen-bond donors (Lipinski definition) is 1. The highest BCUT2D eigenvalue weighted by Gasteiger charge is 1.99. The Bertz CT molecular complexity index is 390. The second kappa shape index (κ2) is 3.18. The topological polar surface area (TPSA) is 56.7 Å². The van der Waals surface area contributed by atoms with Crippen LogP contribution < -0.4 is 5.73 Å². The number of rotatable bonds is 1. The molecule has 0 spiro atoms. The summed E-state index contributed by atoms with van der Waals surface area (Å²) in [4.78, 5) is 1.52. The van der Waals surface area contributed by atoms with Gasteiger partial charge in [-0.1, -0.05) is 15.9 Å². The first-order chi connectivity index (χ1) is 6.25. The van der Waals surface area contributed by atoms with Gasteiger partial charge >= 0.3 is 0 Å². The van der Waals surface area contributed by atoms with Crippen molar-refractivity contribution in [2.75, 3.05) is 5.73 Å². The number of anilines is 1. The van der Waals surface area contributed by atoms with E-state index in [0.717, 1.165) is 10.2 Å². The van der Waals surface area contributed by atoms with Crippen molar-refractivity contribution >= 4 is 21.6 Å². The fraction of sp³-hybridized carbons (Fsp3) is 0. The molecule has 0 radical (unpaired) electrons. The molecule has 0 atom stereocenters. The van der Waals surface area contributed by atoms with Crippen molar-refractivity contribution in [3.05, 3.63) is 35.1 Å². The lowest BCUT2D eigenvalue weighted by molar-refractivity contribution is 0.752. The van der Waals surface area contributed by atoms with Gasteiger partial charge in [0.1, 0.15) is 0 Å². The molecule has 1 heterocycles. The van der Waals surface area contributed by atoms with Gasteiger partial charge in [0.15, 0.2) is 0 Å². The van der Waals surface area contributed by atoms with E-state index < -0.39 is 0 Å². The molecule has 0 fully saturated rings. The summed E-state index contributed by atoms with van der Waals surface area (Å²) in [6.45, 7) is 0. The Kier molecular flexibility index (Phi) is 2.02. The van der Waals surface area contributed by atoms with Crippen LogP contribution in [0.15, 0.2) is 35.1 Å². The zero-order chi connectivity index (χ0) is 9.26. The maximum atomic E-state index is 5.67. The monoisotopic (exact) mass is 238 g/mol. The molecule has 66 valence electrons. The number of nitrogen functional groups attached to an aromatic ring is 1. The van der Waals surface area contributed by atoms with Gasteiger partial charge in [-0.15, -0.1) is 0 Å². The number of aromatic nitrogens is 3. The molecule has 2 rings (SSSR count). The van der Waals surface area contributed by atoms with Crippen LogP contribution in [0.2, 0.25) is 0 Å². The van der Waals surface area contributed by atoms with Gasteiger partial charge in [0.25, 0.3) is 0 Å². The summed E-state index contributed by atoms with van der Waals surface area (Å²) in [6.07, 6.45) is 3.24. The maximum absolute atomic E-state index is 5.67. The van der Waals surface area contributed by atoms with Gasteiger partial charge in [-0.25, -0.2) is 0 Å². The minimum Gasteiger partial charge on any atom is -0.399 e. The first kappa shape index (κ1) is 8.25. The van der Waals surface area contributed by atoms with Crippen LogP contribution in [0.3, 0.4) is 0 Å². The Morgan fingerprint density at radius 2 is 1.85 bits per heavy atom. The number of halogens is 1. The average molecular weight is 239 g/mol. The fourth-order valence-electron chi connectivity index (χ4n) is 1.06. The van der Waals surface area contributed by atoms with Gasteiger partial charge in [0, 0.05) is 10.2 Å². The van der Waals surface area contributed by atoms with E-state index in [1.165, 1.54) is 4.80 Å². The molecule has 1 aromatic carbocycles. The lowest BCUT2D eigenvalue weighted by Gasteiger charge is -2.01. The molecule has 0 saturated heterocycles. The summed E-state index contributed by atoms with van der Waals surface area (Å²) >= 11 is 3.35. The summed E-state index contributed by atoms with van der Waals surface area (Å²) < 4.78 is 0.916. The van der Waals surface area contributed by atoms with Gasteiger partial charge in [-0.2, -0.15) is 15.0 Å². The average Bonchev–Trinajstić information content (AvgIpc) is 2.53. The molecule has 0 saturated carbocycles. The molecule has 4 nitrogen and oxygen atoms in total. The van der Waals surface area contributed by atoms with Gasteiger partial charge < -0.3 is 5.73 Å². The predicted molar refractivity (Wildman–Crippen MR) is 53.5 cm³/mol. The third kappa shape index (κ3) is 1.70. The van der Waals surface area contributed by atoms with Crippen LogP contribution in [0.5, 0.6) is 0 Å². The highest BCUT2D eigenvalue weighted by molar-refractivity contribution is 9.10. The number of hydrogen-bond acceptors (Lipinski definition) is 3.